The van der Waals surface area contributed by atoms with Gasteiger partial charge in [0, 0.05) is 5.56 Å². The zero-order valence-corrected chi connectivity index (χ0v) is 16.2. The molecule has 2 aromatic carbocycles. The predicted octanol–water partition coefficient (Wildman–Crippen LogP) is 2.28. The Bertz CT molecular complexity index is 810. The SMILES string of the molecule is CCCC[C@@H](NC(=O)[C@H](O)[C@@H](NC(=O)c1ccccc1)c1ccccc1)C(=O)O. The number of carboxylic acid groups (broad SMARTS) is 1. The molecule has 154 valence electrons. The van der Waals surface area contributed by atoms with Crippen LogP contribution in [-0.4, -0.2) is 40.1 Å². The fraction of sp³-hybridized carbons (Fsp3) is 0.318. The highest BCUT2D eigenvalue weighted by atomic mass is 16.4. The molecule has 0 aliphatic carbocycles. The number of hydrogen-bond donors (Lipinski definition) is 4. The standard InChI is InChI=1S/C22H26N2O5/c1-2-3-14-17(22(28)29)23-21(27)19(25)18(15-10-6-4-7-11-15)24-20(26)16-12-8-5-9-13-16/h4-13,17-19,25H,2-3,14H2,1H3,(H,23,27)(H,24,26)(H,28,29)/t17-,18+,19-/m1/s1. The van der Waals surface area contributed by atoms with Crippen LogP contribution in [0.4, 0.5) is 0 Å². The van der Waals surface area contributed by atoms with Crippen LogP contribution in [0.2, 0.25) is 0 Å². The van der Waals surface area contributed by atoms with Crippen molar-refractivity contribution in [3.8, 4) is 0 Å². The zero-order valence-electron chi connectivity index (χ0n) is 16.2. The maximum Gasteiger partial charge on any atom is 0.326 e. The number of aliphatic carboxylic acids is 1. The molecule has 0 spiro atoms. The van der Waals surface area contributed by atoms with Crippen molar-refractivity contribution in [2.45, 2.75) is 44.4 Å². The molecule has 0 bridgehead atoms. The quantitative estimate of drug-likeness (QED) is 0.490. The summed E-state index contributed by atoms with van der Waals surface area (Å²) in [6.45, 7) is 1.92. The minimum Gasteiger partial charge on any atom is -0.480 e. The van der Waals surface area contributed by atoms with Gasteiger partial charge < -0.3 is 20.8 Å². The first-order valence-corrected chi connectivity index (χ1v) is 9.56. The lowest BCUT2D eigenvalue weighted by atomic mass is 9.99. The normalized spacial score (nSPS) is 13.7. The Morgan fingerprint density at radius 3 is 2.07 bits per heavy atom. The second-order valence-corrected chi connectivity index (χ2v) is 6.71. The molecule has 3 atom stereocenters. The minimum absolute atomic E-state index is 0.261. The van der Waals surface area contributed by atoms with Crippen molar-refractivity contribution in [3.63, 3.8) is 0 Å². The van der Waals surface area contributed by atoms with Crippen molar-refractivity contribution in [2.24, 2.45) is 0 Å². The number of carboxylic acids is 1. The molecule has 4 N–H and O–H groups in total. The van der Waals surface area contributed by atoms with E-state index in [0.29, 0.717) is 17.5 Å². The van der Waals surface area contributed by atoms with Crippen molar-refractivity contribution in [3.05, 3.63) is 71.8 Å². The lowest BCUT2D eigenvalue weighted by Crippen LogP contribution is -2.50. The topological polar surface area (TPSA) is 116 Å². The van der Waals surface area contributed by atoms with Gasteiger partial charge in [0.15, 0.2) is 6.10 Å². The summed E-state index contributed by atoms with van der Waals surface area (Å²) in [4.78, 5) is 36.6. The molecule has 0 unspecified atom stereocenters. The molecule has 7 nitrogen and oxygen atoms in total. The maximum absolute atomic E-state index is 12.6. The average Bonchev–Trinajstić information content (AvgIpc) is 2.75. The number of amides is 2. The number of carbonyl (C=O) groups excluding carboxylic acids is 2. The fourth-order valence-corrected chi connectivity index (χ4v) is 2.89. The summed E-state index contributed by atoms with van der Waals surface area (Å²) < 4.78 is 0. The van der Waals surface area contributed by atoms with E-state index in [1.165, 1.54) is 0 Å². The maximum atomic E-state index is 12.6. The molecule has 0 heterocycles. The first-order chi connectivity index (χ1) is 13.9. The van der Waals surface area contributed by atoms with Gasteiger partial charge in [0.25, 0.3) is 11.8 Å². The minimum atomic E-state index is -1.66. The van der Waals surface area contributed by atoms with Crippen LogP contribution < -0.4 is 10.6 Å². The van der Waals surface area contributed by atoms with Crippen LogP contribution in [0.1, 0.15) is 48.1 Å². The third-order valence-corrected chi connectivity index (χ3v) is 4.53. The highest BCUT2D eigenvalue weighted by Gasteiger charge is 2.31. The zero-order chi connectivity index (χ0) is 21.2. The Hall–Kier alpha value is -3.19. The highest BCUT2D eigenvalue weighted by molar-refractivity contribution is 5.95. The van der Waals surface area contributed by atoms with Crippen LogP contribution >= 0.6 is 0 Å². The van der Waals surface area contributed by atoms with Crippen LogP contribution in [0, 0.1) is 0 Å². The first-order valence-electron chi connectivity index (χ1n) is 9.56. The van der Waals surface area contributed by atoms with E-state index in [0.717, 1.165) is 6.42 Å². The van der Waals surface area contributed by atoms with Gasteiger partial charge in [-0.1, -0.05) is 68.3 Å². The Balaban J connectivity index is 2.20. The largest absolute Gasteiger partial charge is 0.480 e. The van der Waals surface area contributed by atoms with Crippen molar-refractivity contribution in [2.75, 3.05) is 0 Å². The predicted molar refractivity (Wildman–Crippen MR) is 108 cm³/mol. The Labute approximate surface area is 169 Å². The van der Waals surface area contributed by atoms with Crippen LogP contribution in [0.15, 0.2) is 60.7 Å². The Morgan fingerprint density at radius 1 is 0.931 bits per heavy atom. The Morgan fingerprint density at radius 2 is 1.52 bits per heavy atom. The van der Waals surface area contributed by atoms with E-state index in [4.69, 9.17) is 0 Å². The smallest absolute Gasteiger partial charge is 0.326 e. The molecule has 0 aromatic heterocycles. The molecule has 2 rings (SSSR count). The van der Waals surface area contributed by atoms with E-state index in [1.807, 2.05) is 6.92 Å². The lowest BCUT2D eigenvalue weighted by molar-refractivity contribution is -0.144. The number of unbranched alkanes of at least 4 members (excludes halogenated alkanes) is 1. The number of aliphatic hydroxyl groups is 1. The number of aliphatic hydroxyl groups excluding tert-OH is 1. The van der Waals surface area contributed by atoms with Crippen molar-refractivity contribution in [1.29, 1.82) is 0 Å². The van der Waals surface area contributed by atoms with Crippen LogP contribution in [0.25, 0.3) is 0 Å². The van der Waals surface area contributed by atoms with Crippen LogP contribution in [-0.2, 0) is 9.59 Å². The summed E-state index contributed by atoms with van der Waals surface area (Å²) in [6, 6.07) is 14.9. The first kappa shape index (κ1) is 22.1. The molecule has 0 aliphatic rings. The highest BCUT2D eigenvalue weighted by Crippen LogP contribution is 2.19. The van der Waals surface area contributed by atoms with Crippen molar-refractivity contribution in [1.82, 2.24) is 10.6 Å². The average molecular weight is 398 g/mol. The summed E-state index contributed by atoms with van der Waals surface area (Å²) in [5.74, 6) is -2.47. The molecule has 7 heteroatoms. The van der Waals surface area contributed by atoms with E-state index in [2.05, 4.69) is 10.6 Å². The molecule has 2 amide bonds. The molecule has 0 saturated heterocycles. The third kappa shape index (κ3) is 6.43. The fourth-order valence-electron chi connectivity index (χ4n) is 2.89. The van der Waals surface area contributed by atoms with Gasteiger partial charge in [-0.2, -0.15) is 0 Å². The van der Waals surface area contributed by atoms with E-state index in [9.17, 15) is 24.6 Å². The number of benzene rings is 2. The lowest BCUT2D eigenvalue weighted by Gasteiger charge is -2.25. The molecule has 0 radical (unpaired) electrons. The van der Waals surface area contributed by atoms with Gasteiger partial charge in [-0.15, -0.1) is 0 Å². The number of nitrogens with one attached hydrogen (secondary N) is 2. The molecule has 0 fully saturated rings. The summed E-state index contributed by atoms with van der Waals surface area (Å²) in [5, 5.41) is 25.0. The van der Waals surface area contributed by atoms with Crippen molar-refractivity contribution < 1.29 is 24.6 Å². The van der Waals surface area contributed by atoms with Gasteiger partial charge in [-0.25, -0.2) is 4.79 Å². The van der Waals surface area contributed by atoms with E-state index >= 15 is 0 Å². The number of carbonyl (C=O) groups is 3. The monoisotopic (exact) mass is 398 g/mol. The summed E-state index contributed by atoms with van der Waals surface area (Å²) in [6.07, 6.45) is 0.00676. The molecular weight excluding hydrogens is 372 g/mol. The van der Waals surface area contributed by atoms with E-state index in [1.54, 1.807) is 60.7 Å². The molecule has 0 aliphatic heterocycles. The van der Waals surface area contributed by atoms with Gasteiger partial charge in [0.1, 0.15) is 6.04 Å². The summed E-state index contributed by atoms with van der Waals surface area (Å²) in [7, 11) is 0. The number of hydrogen-bond acceptors (Lipinski definition) is 4. The van der Waals surface area contributed by atoms with Gasteiger partial charge in [-0.3, -0.25) is 9.59 Å². The van der Waals surface area contributed by atoms with E-state index < -0.39 is 36.0 Å². The molecule has 2 aromatic rings. The Kier molecular flexibility index (Phi) is 8.36. The second-order valence-electron chi connectivity index (χ2n) is 6.71. The molecule has 29 heavy (non-hydrogen) atoms. The van der Waals surface area contributed by atoms with E-state index in [-0.39, 0.29) is 6.42 Å². The molecular formula is C22H26N2O5. The summed E-state index contributed by atoms with van der Waals surface area (Å²) >= 11 is 0. The van der Waals surface area contributed by atoms with Gasteiger partial charge in [0.05, 0.1) is 6.04 Å². The van der Waals surface area contributed by atoms with Crippen molar-refractivity contribution >= 4 is 17.8 Å². The third-order valence-electron chi connectivity index (χ3n) is 4.53. The number of rotatable bonds is 10. The van der Waals surface area contributed by atoms with Crippen LogP contribution in [0.3, 0.4) is 0 Å². The van der Waals surface area contributed by atoms with Crippen LogP contribution in [0.5, 0.6) is 0 Å². The molecule has 0 saturated carbocycles. The van der Waals surface area contributed by atoms with Gasteiger partial charge >= 0.3 is 5.97 Å². The summed E-state index contributed by atoms with van der Waals surface area (Å²) in [5.41, 5.74) is 0.910. The van der Waals surface area contributed by atoms with Gasteiger partial charge in [-0.05, 0) is 24.1 Å². The second kappa shape index (κ2) is 11.0. The van der Waals surface area contributed by atoms with Gasteiger partial charge in [0.2, 0.25) is 0 Å².